The van der Waals surface area contributed by atoms with Crippen molar-refractivity contribution in [3.8, 4) is 0 Å². The molecule has 110 valence electrons. The van der Waals surface area contributed by atoms with Crippen LogP contribution in [0.3, 0.4) is 0 Å². The van der Waals surface area contributed by atoms with Crippen LogP contribution in [0.4, 0.5) is 5.82 Å². The van der Waals surface area contributed by atoms with Crippen LogP contribution in [0, 0.1) is 5.92 Å². The smallest absolute Gasteiger partial charge is 0.180 e. The normalized spacial score (nSPS) is 22.4. The van der Waals surface area contributed by atoms with Crippen LogP contribution < -0.4 is 10.2 Å². The molecule has 0 amide bonds. The maximum Gasteiger partial charge on any atom is 0.180 e. The number of rotatable bonds is 4. The average molecular weight is 283 g/mol. The molecule has 1 aliphatic heterocycles. The Balaban J connectivity index is 1.59. The van der Waals surface area contributed by atoms with Crippen LogP contribution in [0.1, 0.15) is 25.7 Å². The summed E-state index contributed by atoms with van der Waals surface area (Å²) >= 11 is 0. The molecule has 5 heteroatoms. The Morgan fingerprint density at radius 3 is 2.86 bits per heavy atom. The molecule has 2 fully saturated rings. The van der Waals surface area contributed by atoms with Gasteiger partial charge in [-0.15, -0.1) is 0 Å². The summed E-state index contributed by atoms with van der Waals surface area (Å²) in [5.41, 5.74) is 1.62. The Morgan fingerprint density at radius 2 is 2.05 bits per heavy atom. The van der Waals surface area contributed by atoms with Gasteiger partial charge in [0.15, 0.2) is 5.65 Å². The third kappa shape index (κ3) is 2.83. The second-order valence-electron chi connectivity index (χ2n) is 6.16. The van der Waals surface area contributed by atoms with Crippen molar-refractivity contribution < 1.29 is 0 Å². The zero-order chi connectivity index (χ0) is 14.1. The van der Waals surface area contributed by atoms with Gasteiger partial charge in [0.05, 0.1) is 0 Å². The summed E-state index contributed by atoms with van der Waals surface area (Å²) in [4.78, 5) is 15.9. The van der Waals surface area contributed by atoms with E-state index < -0.39 is 0 Å². The first-order valence-electron chi connectivity index (χ1n) is 7.95. The van der Waals surface area contributed by atoms with Gasteiger partial charge >= 0.3 is 0 Å². The lowest BCUT2D eigenvalue weighted by atomic mass is 9.99. The molecule has 1 atom stereocenters. The van der Waals surface area contributed by atoms with Crippen molar-refractivity contribution in [1.29, 1.82) is 0 Å². The first-order valence-corrected chi connectivity index (χ1v) is 7.95. The fourth-order valence-corrected chi connectivity index (χ4v) is 3.18. The third-order valence-electron chi connectivity index (χ3n) is 4.45. The number of aromatic nitrogens is 3. The monoisotopic (exact) mass is 283 g/mol. The lowest BCUT2D eigenvalue weighted by Crippen LogP contribution is -2.39. The Hall–Kier alpha value is -1.75. The highest BCUT2D eigenvalue weighted by Crippen LogP contribution is 2.32. The summed E-state index contributed by atoms with van der Waals surface area (Å²) < 4.78 is 0. The van der Waals surface area contributed by atoms with E-state index in [-0.39, 0.29) is 0 Å². The molecule has 1 saturated heterocycles. The van der Waals surface area contributed by atoms with E-state index in [2.05, 4.69) is 26.3 Å². The van der Waals surface area contributed by atoms with Crippen molar-refractivity contribution in [3.05, 3.63) is 24.5 Å². The SMILES string of the molecule is c1cnc2nc(N(CC3CCCNC3)C3CC3)ccc2n1. The number of piperidine rings is 1. The largest absolute Gasteiger partial charge is 0.353 e. The molecular formula is C16H21N5. The van der Waals surface area contributed by atoms with Gasteiger partial charge in [0, 0.05) is 25.0 Å². The summed E-state index contributed by atoms with van der Waals surface area (Å²) in [5, 5.41) is 3.51. The number of nitrogens with zero attached hydrogens (tertiary/aromatic N) is 4. The first-order chi connectivity index (χ1) is 10.4. The zero-order valence-corrected chi connectivity index (χ0v) is 12.2. The van der Waals surface area contributed by atoms with Crippen LogP contribution >= 0.6 is 0 Å². The van der Waals surface area contributed by atoms with Crippen LogP contribution in [0.15, 0.2) is 24.5 Å². The minimum absolute atomic E-state index is 0.675. The molecule has 1 N–H and O–H groups in total. The van der Waals surface area contributed by atoms with Gasteiger partial charge in [-0.25, -0.2) is 9.97 Å². The lowest BCUT2D eigenvalue weighted by Gasteiger charge is -2.31. The molecule has 21 heavy (non-hydrogen) atoms. The van der Waals surface area contributed by atoms with Gasteiger partial charge in [0.25, 0.3) is 0 Å². The van der Waals surface area contributed by atoms with E-state index in [1.807, 2.05) is 6.07 Å². The van der Waals surface area contributed by atoms with E-state index in [0.29, 0.717) is 6.04 Å². The second-order valence-corrected chi connectivity index (χ2v) is 6.16. The van der Waals surface area contributed by atoms with E-state index in [4.69, 9.17) is 4.98 Å². The molecule has 1 aliphatic carbocycles. The molecule has 4 rings (SSSR count). The van der Waals surface area contributed by atoms with E-state index in [9.17, 15) is 0 Å². The van der Waals surface area contributed by atoms with Crippen LogP contribution in [0.25, 0.3) is 11.2 Å². The molecule has 2 aromatic heterocycles. The predicted octanol–water partition coefficient (Wildman–Crippen LogP) is 1.99. The first kappa shape index (κ1) is 13.0. The molecule has 0 radical (unpaired) electrons. The number of nitrogens with one attached hydrogen (secondary N) is 1. The third-order valence-corrected chi connectivity index (χ3v) is 4.45. The highest BCUT2D eigenvalue weighted by atomic mass is 15.2. The van der Waals surface area contributed by atoms with Crippen molar-refractivity contribution in [1.82, 2.24) is 20.3 Å². The van der Waals surface area contributed by atoms with Crippen LogP contribution in [0.5, 0.6) is 0 Å². The average Bonchev–Trinajstić information content (AvgIpc) is 3.38. The molecular weight excluding hydrogens is 262 g/mol. The standard InChI is InChI=1S/C16H21N5/c1-2-12(10-17-7-1)11-21(13-3-4-13)15-6-5-14-16(20-15)19-9-8-18-14/h5-6,8-9,12-13,17H,1-4,7,10-11H2. The Bertz CT molecular complexity index is 619. The highest BCUT2D eigenvalue weighted by Gasteiger charge is 2.32. The summed E-state index contributed by atoms with van der Waals surface area (Å²) in [6, 6.07) is 4.82. The van der Waals surface area contributed by atoms with Gasteiger partial charge in [-0.2, -0.15) is 0 Å². The predicted molar refractivity (Wildman–Crippen MR) is 83.3 cm³/mol. The minimum atomic E-state index is 0.675. The number of hydrogen-bond acceptors (Lipinski definition) is 5. The lowest BCUT2D eigenvalue weighted by molar-refractivity contribution is 0.375. The van der Waals surface area contributed by atoms with Crippen molar-refractivity contribution in [2.75, 3.05) is 24.5 Å². The van der Waals surface area contributed by atoms with Crippen molar-refractivity contribution in [2.24, 2.45) is 5.92 Å². The summed E-state index contributed by atoms with van der Waals surface area (Å²) in [6.45, 7) is 3.41. The van der Waals surface area contributed by atoms with Crippen molar-refractivity contribution >= 4 is 17.0 Å². The van der Waals surface area contributed by atoms with Gasteiger partial charge in [-0.3, -0.25) is 4.98 Å². The molecule has 0 spiro atoms. The highest BCUT2D eigenvalue weighted by molar-refractivity contribution is 5.71. The zero-order valence-electron chi connectivity index (χ0n) is 12.2. The molecule has 2 aliphatic rings. The Kier molecular flexibility index (Phi) is 3.43. The Morgan fingerprint density at radius 1 is 1.14 bits per heavy atom. The molecule has 3 heterocycles. The summed E-state index contributed by atoms with van der Waals surface area (Å²) in [5.74, 6) is 1.80. The molecule has 1 unspecified atom stereocenters. The second kappa shape index (κ2) is 5.56. The van der Waals surface area contributed by atoms with Crippen LogP contribution in [-0.2, 0) is 0 Å². The van der Waals surface area contributed by atoms with E-state index in [0.717, 1.165) is 36.0 Å². The summed E-state index contributed by atoms with van der Waals surface area (Å²) in [7, 11) is 0. The van der Waals surface area contributed by atoms with Crippen LogP contribution in [-0.4, -0.2) is 40.6 Å². The van der Waals surface area contributed by atoms with E-state index in [1.165, 1.54) is 32.2 Å². The van der Waals surface area contributed by atoms with Gasteiger partial charge in [0.2, 0.25) is 0 Å². The van der Waals surface area contributed by atoms with E-state index >= 15 is 0 Å². The maximum atomic E-state index is 4.73. The fraction of sp³-hybridized carbons (Fsp3) is 0.562. The number of pyridine rings is 1. The molecule has 5 nitrogen and oxygen atoms in total. The van der Waals surface area contributed by atoms with Gasteiger partial charge in [0.1, 0.15) is 11.3 Å². The molecule has 1 saturated carbocycles. The number of hydrogen-bond donors (Lipinski definition) is 1. The Labute approximate surface area is 124 Å². The molecule has 0 aromatic carbocycles. The topological polar surface area (TPSA) is 53.9 Å². The van der Waals surface area contributed by atoms with Gasteiger partial charge in [-0.1, -0.05) is 0 Å². The quantitative estimate of drug-likeness (QED) is 0.930. The summed E-state index contributed by atoms with van der Waals surface area (Å²) in [6.07, 6.45) is 8.63. The minimum Gasteiger partial charge on any atom is -0.353 e. The molecule has 2 aromatic rings. The van der Waals surface area contributed by atoms with Gasteiger partial charge in [-0.05, 0) is 56.8 Å². The van der Waals surface area contributed by atoms with Crippen molar-refractivity contribution in [3.63, 3.8) is 0 Å². The number of fused-ring (bicyclic) bond motifs is 1. The molecule has 0 bridgehead atoms. The maximum absolute atomic E-state index is 4.73. The van der Waals surface area contributed by atoms with E-state index in [1.54, 1.807) is 12.4 Å². The van der Waals surface area contributed by atoms with Gasteiger partial charge < -0.3 is 10.2 Å². The number of anilines is 1. The van der Waals surface area contributed by atoms with Crippen molar-refractivity contribution in [2.45, 2.75) is 31.7 Å². The fourth-order valence-electron chi connectivity index (χ4n) is 3.18. The van der Waals surface area contributed by atoms with Crippen LogP contribution in [0.2, 0.25) is 0 Å².